The summed E-state index contributed by atoms with van der Waals surface area (Å²) in [7, 11) is 0. The van der Waals surface area contributed by atoms with E-state index < -0.39 is 0 Å². The Kier molecular flexibility index (Phi) is 8.21. The number of nitrogens with one attached hydrogen (secondary N) is 3. The van der Waals surface area contributed by atoms with Crippen molar-refractivity contribution in [2.45, 2.75) is 20.3 Å². The number of hydrogen-bond donors (Lipinski definition) is 5. The lowest BCUT2D eigenvalue weighted by atomic mass is 10.0. The molecule has 2 aromatic carbocycles. The molecule has 7 N–H and O–H groups in total. The Hall–Kier alpha value is -3.91. The molecule has 0 unspecified atom stereocenters. The minimum Gasteiger partial charge on any atom is -0.456 e. The molecule has 0 bridgehead atoms. The van der Waals surface area contributed by atoms with Crippen molar-refractivity contribution >= 4 is 17.6 Å². The number of likely N-dealkylation sites (N-methyl/N-ethyl adjacent to an activating group) is 1. The molecule has 8 heteroatoms. The Bertz CT molecular complexity index is 1150. The van der Waals surface area contributed by atoms with Crippen LogP contribution >= 0.6 is 0 Å². The first kappa shape index (κ1) is 24.7. The lowest BCUT2D eigenvalue weighted by molar-refractivity contribution is -0.120. The Morgan fingerprint density at radius 3 is 1.94 bits per heavy atom. The summed E-state index contributed by atoms with van der Waals surface area (Å²) in [6, 6.07) is 16.3. The smallest absolute Gasteiger partial charge is 0.224 e. The van der Waals surface area contributed by atoms with E-state index in [2.05, 4.69) is 24.1 Å². The van der Waals surface area contributed by atoms with E-state index in [1.807, 2.05) is 30.3 Å². The van der Waals surface area contributed by atoms with E-state index >= 15 is 0 Å². The van der Waals surface area contributed by atoms with Crippen molar-refractivity contribution in [2.75, 3.05) is 26.2 Å². The number of nitrogens with zero attached hydrogens (tertiary/aromatic N) is 1. The van der Waals surface area contributed by atoms with Gasteiger partial charge in [0.1, 0.15) is 23.2 Å². The normalized spacial score (nSPS) is 10.9. The number of carbonyl (C=O) groups excluding carboxylic acids is 1. The van der Waals surface area contributed by atoms with Crippen molar-refractivity contribution in [1.82, 2.24) is 10.2 Å². The maximum Gasteiger partial charge on any atom is 0.224 e. The van der Waals surface area contributed by atoms with Gasteiger partial charge in [0.15, 0.2) is 0 Å². The number of amidine groups is 2. The van der Waals surface area contributed by atoms with Gasteiger partial charge in [-0.05, 0) is 19.2 Å². The second-order valence-electron chi connectivity index (χ2n) is 8.00. The molecule has 3 rings (SSSR count). The summed E-state index contributed by atoms with van der Waals surface area (Å²) in [6.07, 6.45) is 0.178. The van der Waals surface area contributed by atoms with Crippen molar-refractivity contribution in [1.29, 1.82) is 10.8 Å². The number of nitrogens with two attached hydrogens (primary N) is 2. The third-order valence-electron chi connectivity index (χ3n) is 5.74. The molecule has 0 radical (unpaired) electrons. The fourth-order valence-corrected chi connectivity index (χ4v) is 3.69. The molecule has 8 nitrogen and oxygen atoms in total. The van der Waals surface area contributed by atoms with Crippen LogP contribution in [0.4, 0.5) is 0 Å². The van der Waals surface area contributed by atoms with Crippen LogP contribution in [0.3, 0.4) is 0 Å². The summed E-state index contributed by atoms with van der Waals surface area (Å²) in [5.41, 5.74) is 14.8. The fourth-order valence-electron chi connectivity index (χ4n) is 3.69. The quantitative estimate of drug-likeness (QED) is 0.220. The lowest BCUT2D eigenvalue weighted by Gasteiger charge is -2.17. The number of nitrogen functional groups attached to an aromatic ring is 2. The zero-order valence-electron chi connectivity index (χ0n) is 19.7. The Morgan fingerprint density at radius 1 is 0.912 bits per heavy atom. The number of hydrogen-bond acceptors (Lipinski definition) is 5. The topological polar surface area (TPSA) is 145 Å². The molecule has 0 spiro atoms. The Balaban J connectivity index is 1.87. The van der Waals surface area contributed by atoms with Gasteiger partial charge in [0, 0.05) is 40.9 Å². The molecule has 34 heavy (non-hydrogen) atoms. The highest BCUT2D eigenvalue weighted by Crippen LogP contribution is 2.33. The molecular formula is C26H32N6O2. The summed E-state index contributed by atoms with van der Waals surface area (Å²) in [4.78, 5) is 15.0. The van der Waals surface area contributed by atoms with Gasteiger partial charge in [-0.15, -0.1) is 0 Å². The van der Waals surface area contributed by atoms with Gasteiger partial charge in [-0.2, -0.15) is 0 Å². The van der Waals surface area contributed by atoms with Gasteiger partial charge in [0.05, 0.1) is 6.42 Å². The van der Waals surface area contributed by atoms with Gasteiger partial charge >= 0.3 is 0 Å². The third kappa shape index (κ3) is 6.11. The monoisotopic (exact) mass is 460 g/mol. The van der Waals surface area contributed by atoms with Gasteiger partial charge in [0.25, 0.3) is 0 Å². The molecule has 0 saturated carbocycles. The first-order valence-corrected chi connectivity index (χ1v) is 11.3. The van der Waals surface area contributed by atoms with Crippen LogP contribution in [-0.2, 0) is 11.2 Å². The molecule has 0 aliphatic heterocycles. The third-order valence-corrected chi connectivity index (χ3v) is 5.74. The van der Waals surface area contributed by atoms with Crippen molar-refractivity contribution in [3.63, 3.8) is 0 Å². The number of rotatable bonds is 11. The molecule has 1 aromatic heterocycles. The van der Waals surface area contributed by atoms with Crippen molar-refractivity contribution in [3.8, 4) is 22.6 Å². The van der Waals surface area contributed by atoms with Gasteiger partial charge < -0.3 is 26.1 Å². The molecule has 0 atom stereocenters. The van der Waals surface area contributed by atoms with Gasteiger partial charge in [-0.25, -0.2) is 0 Å². The summed E-state index contributed by atoms with van der Waals surface area (Å²) in [5.74, 6) is 1.13. The van der Waals surface area contributed by atoms with Gasteiger partial charge in [0.2, 0.25) is 5.91 Å². The maximum atomic E-state index is 12.7. The summed E-state index contributed by atoms with van der Waals surface area (Å²) in [6.45, 7) is 7.48. The Morgan fingerprint density at radius 2 is 1.44 bits per heavy atom. The van der Waals surface area contributed by atoms with Crippen LogP contribution in [0.2, 0.25) is 0 Å². The average molecular weight is 461 g/mol. The fraction of sp³-hybridized carbons (Fsp3) is 0.269. The summed E-state index contributed by atoms with van der Waals surface area (Å²) < 4.78 is 6.21. The van der Waals surface area contributed by atoms with Crippen LogP contribution in [-0.4, -0.2) is 48.7 Å². The van der Waals surface area contributed by atoms with E-state index in [9.17, 15) is 4.79 Å². The standard InChI is InChI=1S/C26H32N6O2/c1-3-32(4-2)14-13-31-23(33)16-21-15-22(17-5-9-19(10-6-17)25(27)28)34-24(21)18-7-11-20(12-8-18)26(29)30/h5-12,15H,3-4,13-14,16H2,1-2H3,(H3,27,28)(H3,29,30)(H,31,33). The second kappa shape index (κ2) is 11.3. The Labute approximate surface area is 200 Å². The predicted octanol–water partition coefficient (Wildman–Crippen LogP) is 3.18. The molecule has 3 aromatic rings. The van der Waals surface area contributed by atoms with Crippen molar-refractivity contribution in [3.05, 3.63) is 71.3 Å². The van der Waals surface area contributed by atoms with Crippen LogP contribution in [0.5, 0.6) is 0 Å². The van der Waals surface area contributed by atoms with E-state index in [1.54, 1.807) is 24.3 Å². The van der Waals surface area contributed by atoms with Crippen LogP contribution in [0, 0.1) is 10.8 Å². The van der Waals surface area contributed by atoms with E-state index in [1.165, 1.54) is 0 Å². The summed E-state index contributed by atoms with van der Waals surface area (Å²) >= 11 is 0. The zero-order valence-corrected chi connectivity index (χ0v) is 19.7. The van der Waals surface area contributed by atoms with E-state index in [0.29, 0.717) is 29.2 Å². The number of benzene rings is 2. The molecule has 0 saturated heterocycles. The second-order valence-corrected chi connectivity index (χ2v) is 8.00. The maximum absolute atomic E-state index is 12.7. The minimum absolute atomic E-state index is 0.000633. The largest absolute Gasteiger partial charge is 0.456 e. The highest BCUT2D eigenvalue weighted by molar-refractivity contribution is 5.96. The van der Waals surface area contributed by atoms with E-state index in [-0.39, 0.29) is 24.0 Å². The number of amides is 1. The van der Waals surface area contributed by atoms with Crippen LogP contribution < -0.4 is 16.8 Å². The lowest BCUT2D eigenvalue weighted by Crippen LogP contribution is -2.35. The molecule has 0 aliphatic carbocycles. The van der Waals surface area contributed by atoms with Crippen LogP contribution in [0.1, 0.15) is 30.5 Å². The minimum atomic E-state index is -0.0759. The van der Waals surface area contributed by atoms with Gasteiger partial charge in [-0.1, -0.05) is 62.4 Å². The van der Waals surface area contributed by atoms with Crippen LogP contribution in [0.15, 0.2) is 59.0 Å². The van der Waals surface area contributed by atoms with E-state index in [4.69, 9.17) is 26.7 Å². The average Bonchev–Trinajstić information content (AvgIpc) is 3.25. The van der Waals surface area contributed by atoms with Gasteiger partial charge in [-0.3, -0.25) is 15.6 Å². The molecule has 1 amide bonds. The SMILES string of the molecule is CCN(CC)CCNC(=O)Cc1cc(-c2ccc(C(=N)N)cc2)oc1-c1ccc(C(=N)N)cc1. The first-order valence-electron chi connectivity index (χ1n) is 11.3. The molecule has 1 heterocycles. The van der Waals surface area contributed by atoms with E-state index in [0.717, 1.165) is 36.3 Å². The predicted molar refractivity (Wildman–Crippen MR) is 136 cm³/mol. The molecule has 178 valence electrons. The molecule has 0 aliphatic rings. The highest BCUT2D eigenvalue weighted by atomic mass is 16.3. The summed E-state index contributed by atoms with van der Waals surface area (Å²) in [5, 5.41) is 18.2. The molecule has 0 fully saturated rings. The zero-order chi connectivity index (χ0) is 24.7. The van der Waals surface area contributed by atoms with Crippen LogP contribution in [0.25, 0.3) is 22.6 Å². The number of furan rings is 1. The first-order chi connectivity index (χ1) is 16.3. The highest BCUT2D eigenvalue weighted by Gasteiger charge is 2.18. The number of carbonyl (C=O) groups is 1. The van der Waals surface area contributed by atoms with Crippen molar-refractivity contribution < 1.29 is 9.21 Å². The van der Waals surface area contributed by atoms with Crippen molar-refractivity contribution in [2.24, 2.45) is 11.5 Å². The molecular weight excluding hydrogens is 428 g/mol.